The second-order valence-electron chi connectivity index (χ2n) is 5.30. The number of hydrogen-bond acceptors (Lipinski definition) is 2. The zero-order chi connectivity index (χ0) is 8.74. The monoisotopic (exact) mass is 176 g/mol. The summed E-state index contributed by atoms with van der Waals surface area (Å²) in [6.07, 6.45) is 2.78. The topological polar surface area (TPSA) is 34.1 Å². The largest absolute Gasteiger partial charge is 0.299 e. The molecule has 68 valence electrons. The number of carbonyl (C=O) groups is 2. The van der Waals surface area contributed by atoms with Crippen molar-refractivity contribution >= 4 is 11.6 Å². The highest BCUT2D eigenvalue weighted by atomic mass is 16.1. The van der Waals surface area contributed by atoms with Gasteiger partial charge in [-0.25, -0.2) is 0 Å². The Morgan fingerprint density at radius 2 is 1.31 bits per heavy atom. The fourth-order valence-electron chi connectivity index (χ4n) is 4.79. The lowest BCUT2D eigenvalue weighted by Gasteiger charge is -2.42. The Kier molecular flexibility index (Phi) is 0.907. The van der Waals surface area contributed by atoms with Gasteiger partial charge in [0.05, 0.1) is 0 Å². The minimum absolute atomic E-state index is 0.190. The molecule has 13 heavy (non-hydrogen) atoms. The Hall–Kier alpha value is -0.660. The molecule has 0 aromatic carbocycles. The molecule has 2 heteroatoms. The molecule has 6 atom stereocenters. The number of rotatable bonds is 0. The Morgan fingerprint density at radius 1 is 0.846 bits per heavy atom. The van der Waals surface area contributed by atoms with Crippen LogP contribution in [0.3, 0.4) is 0 Å². The van der Waals surface area contributed by atoms with Gasteiger partial charge in [-0.15, -0.1) is 0 Å². The van der Waals surface area contributed by atoms with E-state index in [0.717, 1.165) is 12.8 Å². The number of carbonyl (C=O) groups excluding carboxylic acids is 2. The fraction of sp³-hybridized carbons (Fsp3) is 0.818. The standard InChI is InChI=1S/C11H12O2/c12-6-2-4-1-5-3-7(13)11-9(5)8(4)10(6)11/h4-5,8-11H,1-3H2/t4-,5+,8-,9+,10-,11-/m0/s1. The average Bonchev–Trinajstić information content (AvgIpc) is 2.40. The predicted octanol–water partition coefficient (Wildman–Crippen LogP) is 1.05. The maximum Gasteiger partial charge on any atom is 0.137 e. The third kappa shape index (κ3) is 0.527. The molecule has 0 unspecified atom stereocenters. The van der Waals surface area contributed by atoms with E-state index in [1.807, 2.05) is 0 Å². The van der Waals surface area contributed by atoms with Crippen LogP contribution in [0, 0.1) is 35.5 Å². The van der Waals surface area contributed by atoms with Crippen LogP contribution in [0.2, 0.25) is 0 Å². The number of fused-ring (bicyclic) bond motifs is 1. The van der Waals surface area contributed by atoms with Crippen LogP contribution in [0.1, 0.15) is 19.3 Å². The summed E-state index contributed by atoms with van der Waals surface area (Å²) >= 11 is 0. The first-order valence-electron chi connectivity index (χ1n) is 5.33. The van der Waals surface area contributed by atoms with Gasteiger partial charge in [-0.1, -0.05) is 0 Å². The van der Waals surface area contributed by atoms with Crippen molar-refractivity contribution in [3.8, 4) is 0 Å². The van der Waals surface area contributed by atoms with E-state index in [4.69, 9.17) is 0 Å². The van der Waals surface area contributed by atoms with Gasteiger partial charge in [-0.2, -0.15) is 0 Å². The third-order valence-electron chi connectivity index (χ3n) is 5.03. The highest BCUT2D eigenvalue weighted by Gasteiger charge is 2.71. The second-order valence-corrected chi connectivity index (χ2v) is 5.30. The summed E-state index contributed by atoms with van der Waals surface area (Å²) < 4.78 is 0. The van der Waals surface area contributed by atoms with Crippen LogP contribution in [0.25, 0.3) is 0 Å². The van der Waals surface area contributed by atoms with Crippen LogP contribution >= 0.6 is 0 Å². The Labute approximate surface area is 76.7 Å². The minimum atomic E-state index is 0.190. The lowest BCUT2D eigenvalue weighted by molar-refractivity contribution is -0.139. The maximum atomic E-state index is 11.6. The van der Waals surface area contributed by atoms with Gasteiger partial charge in [0, 0.05) is 24.7 Å². The zero-order valence-electron chi connectivity index (χ0n) is 7.40. The van der Waals surface area contributed by atoms with Crippen LogP contribution in [-0.4, -0.2) is 11.6 Å². The lowest BCUT2D eigenvalue weighted by atomic mass is 9.59. The molecular formula is C11H12O2. The average molecular weight is 176 g/mol. The molecule has 4 aliphatic rings. The highest BCUT2D eigenvalue weighted by molar-refractivity contribution is 5.96. The van der Waals surface area contributed by atoms with Crippen molar-refractivity contribution in [1.29, 1.82) is 0 Å². The Bertz CT molecular complexity index is 301. The summed E-state index contributed by atoms with van der Waals surface area (Å²) in [7, 11) is 0. The number of hydrogen-bond donors (Lipinski definition) is 0. The van der Waals surface area contributed by atoms with E-state index in [-0.39, 0.29) is 11.8 Å². The van der Waals surface area contributed by atoms with Crippen LogP contribution in [0.15, 0.2) is 0 Å². The first kappa shape index (κ1) is 6.74. The smallest absolute Gasteiger partial charge is 0.137 e. The molecule has 0 heterocycles. The Morgan fingerprint density at radius 3 is 1.77 bits per heavy atom. The van der Waals surface area contributed by atoms with Gasteiger partial charge >= 0.3 is 0 Å². The van der Waals surface area contributed by atoms with Gasteiger partial charge < -0.3 is 0 Å². The van der Waals surface area contributed by atoms with Crippen LogP contribution in [-0.2, 0) is 9.59 Å². The van der Waals surface area contributed by atoms with Crippen LogP contribution < -0.4 is 0 Å². The molecule has 2 nitrogen and oxygen atoms in total. The minimum Gasteiger partial charge on any atom is -0.299 e. The van der Waals surface area contributed by atoms with Gasteiger partial charge in [-0.3, -0.25) is 9.59 Å². The van der Waals surface area contributed by atoms with Gasteiger partial charge in [0.2, 0.25) is 0 Å². The van der Waals surface area contributed by atoms with E-state index in [1.165, 1.54) is 6.42 Å². The molecular weight excluding hydrogens is 164 g/mol. The van der Waals surface area contributed by atoms with Gasteiger partial charge in [-0.05, 0) is 30.1 Å². The molecule has 0 saturated heterocycles. The van der Waals surface area contributed by atoms with Crippen molar-refractivity contribution in [3.63, 3.8) is 0 Å². The van der Waals surface area contributed by atoms with Crippen molar-refractivity contribution in [1.82, 2.24) is 0 Å². The van der Waals surface area contributed by atoms with E-state index in [1.54, 1.807) is 0 Å². The van der Waals surface area contributed by atoms with E-state index >= 15 is 0 Å². The maximum absolute atomic E-state index is 11.6. The second kappa shape index (κ2) is 1.75. The summed E-state index contributed by atoms with van der Waals surface area (Å²) in [5.74, 6) is 3.84. The van der Waals surface area contributed by atoms with Crippen molar-refractivity contribution < 1.29 is 9.59 Å². The normalized spacial score (nSPS) is 61.2. The number of ketones is 2. The molecule has 0 bridgehead atoms. The van der Waals surface area contributed by atoms with E-state index in [2.05, 4.69) is 0 Å². The molecule has 0 N–H and O–H groups in total. The van der Waals surface area contributed by atoms with Crippen LogP contribution in [0.4, 0.5) is 0 Å². The van der Waals surface area contributed by atoms with Crippen molar-refractivity contribution in [2.24, 2.45) is 35.5 Å². The van der Waals surface area contributed by atoms with Crippen LogP contribution in [0.5, 0.6) is 0 Å². The molecule has 0 aliphatic heterocycles. The predicted molar refractivity (Wildman–Crippen MR) is 44.8 cm³/mol. The summed E-state index contributed by atoms with van der Waals surface area (Å²) in [6.45, 7) is 0. The number of Topliss-reactive ketones (excluding diaryl/α,β-unsaturated/α-hetero) is 2. The van der Waals surface area contributed by atoms with Gasteiger partial charge in [0.15, 0.2) is 0 Å². The van der Waals surface area contributed by atoms with Crippen molar-refractivity contribution in [2.45, 2.75) is 19.3 Å². The summed E-state index contributed by atoms with van der Waals surface area (Å²) in [5, 5.41) is 0. The molecule has 4 fully saturated rings. The third-order valence-corrected chi connectivity index (χ3v) is 5.03. The highest BCUT2D eigenvalue weighted by Crippen LogP contribution is 2.69. The fourth-order valence-corrected chi connectivity index (χ4v) is 4.79. The Balaban J connectivity index is 1.86. The van der Waals surface area contributed by atoms with Crippen molar-refractivity contribution in [2.75, 3.05) is 0 Å². The zero-order valence-corrected chi connectivity index (χ0v) is 7.40. The van der Waals surface area contributed by atoms with Gasteiger partial charge in [0.1, 0.15) is 11.6 Å². The molecule has 0 amide bonds. The first-order chi connectivity index (χ1) is 6.27. The summed E-state index contributed by atoms with van der Waals surface area (Å²) in [4.78, 5) is 23.2. The van der Waals surface area contributed by atoms with Gasteiger partial charge in [0.25, 0.3) is 0 Å². The first-order valence-corrected chi connectivity index (χ1v) is 5.33. The van der Waals surface area contributed by atoms with Crippen molar-refractivity contribution in [3.05, 3.63) is 0 Å². The quantitative estimate of drug-likeness (QED) is 0.552. The van der Waals surface area contributed by atoms with E-state index in [0.29, 0.717) is 35.2 Å². The SMILES string of the molecule is O=C1C[C@@H]2C[C@@H]3CC(=O)[C@@H]4[C@@H]1[C@@H]2[C@@H]34. The molecule has 0 spiro atoms. The van der Waals surface area contributed by atoms with E-state index in [9.17, 15) is 9.59 Å². The lowest BCUT2D eigenvalue weighted by Crippen LogP contribution is -2.46. The molecule has 0 aromatic heterocycles. The molecule has 4 saturated carbocycles. The summed E-state index contributed by atoms with van der Waals surface area (Å²) in [6, 6.07) is 0. The van der Waals surface area contributed by atoms with E-state index < -0.39 is 0 Å². The molecule has 4 aliphatic carbocycles. The molecule has 0 radical (unpaired) electrons. The summed E-state index contributed by atoms with van der Waals surface area (Å²) in [5.41, 5.74) is 0. The molecule has 4 rings (SSSR count). The molecule has 0 aromatic rings.